The molecule has 2 aromatic carbocycles. The summed E-state index contributed by atoms with van der Waals surface area (Å²) in [5.41, 5.74) is 3.13. The largest absolute Gasteiger partial charge is 0.484 e. The number of amides is 2. The van der Waals surface area contributed by atoms with E-state index in [4.69, 9.17) is 27.9 Å². The molecule has 2 amide bonds. The van der Waals surface area contributed by atoms with Crippen LogP contribution in [0, 0.1) is 0 Å². The molecular weight excluding hydrogens is 527 g/mol. The minimum Gasteiger partial charge on any atom is -0.484 e. The third-order valence-corrected chi connectivity index (χ3v) is 7.02. The summed E-state index contributed by atoms with van der Waals surface area (Å²) >= 11 is 11.9. The Labute approximate surface area is 220 Å². The van der Waals surface area contributed by atoms with E-state index in [1.54, 1.807) is 24.3 Å². The van der Waals surface area contributed by atoms with Crippen molar-refractivity contribution < 1.29 is 22.7 Å². The maximum absolute atomic E-state index is 12.3. The van der Waals surface area contributed by atoms with Crippen LogP contribution in [-0.4, -0.2) is 51.9 Å². The zero-order chi connectivity index (χ0) is 26.1. The first kappa shape index (κ1) is 27.8. The van der Waals surface area contributed by atoms with Crippen molar-refractivity contribution >= 4 is 56.9 Å². The maximum Gasteiger partial charge on any atom is 0.260 e. The number of nitrogens with zero attached hydrogens (tertiary/aromatic N) is 2. The average molecular weight is 555 g/mol. The highest BCUT2D eigenvalue weighted by Gasteiger charge is 2.21. The van der Waals surface area contributed by atoms with Gasteiger partial charge in [-0.15, -0.1) is 0 Å². The fraction of sp³-hybridized carbons (Fsp3) is 0.375. The van der Waals surface area contributed by atoms with Gasteiger partial charge in [-0.05, 0) is 60.9 Å². The summed E-state index contributed by atoms with van der Waals surface area (Å²) in [5.74, 6) is -0.269. The van der Waals surface area contributed by atoms with Gasteiger partial charge in [-0.2, -0.15) is 5.10 Å². The number of benzene rings is 2. The van der Waals surface area contributed by atoms with E-state index in [1.807, 2.05) is 0 Å². The molecular formula is C24H28Cl2N4O5S. The molecule has 1 aliphatic rings. The van der Waals surface area contributed by atoms with Crippen molar-refractivity contribution in [3.8, 4) is 5.75 Å². The second-order valence-corrected chi connectivity index (χ2v) is 11.2. The molecule has 0 heterocycles. The number of hydrogen-bond donors (Lipinski definition) is 2. The van der Waals surface area contributed by atoms with Gasteiger partial charge in [-0.1, -0.05) is 42.5 Å². The zero-order valence-electron chi connectivity index (χ0n) is 19.7. The fourth-order valence-electron chi connectivity index (χ4n) is 3.74. The topological polar surface area (TPSA) is 117 Å². The van der Waals surface area contributed by atoms with Crippen molar-refractivity contribution in [3.05, 3.63) is 58.1 Å². The number of carbonyl (C=O) groups excluding carboxylic acids is 2. The lowest BCUT2D eigenvalue weighted by molar-refractivity contribution is -0.124. The van der Waals surface area contributed by atoms with Gasteiger partial charge in [0.1, 0.15) is 12.3 Å². The van der Waals surface area contributed by atoms with E-state index in [2.05, 4.69) is 15.8 Å². The molecule has 2 N–H and O–H groups in total. The van der Waals surface area contributed by atoms with E-state index < -0.39 is 22.5 Å². The summed E-state index contributed by atoms with van der Waals surface area (Å²) in [6.07, 6.45) is 7.90. The van der Waals surface area contributed by atoms with Gasteiger partial charge in [-0.25, -0.2) is 13.8 Å². The molecule has 3 rings (SSSR count). The Bertz CT molecular complexity index is 1180. The molecule has 2 aromatic rings. The second kappa shape index (κ2) is 12.9. The molecule has 0 atom stereocenters. The van der Waals surface area contributed by atoms with Gasteiger partial charge >= 0.3 is 0 Å². The number of rotatable bonds is 10. The highest BCUT2D eigenvalue weighted by Crippen LogP contribution is 2.26. The summed E-state index contributed by atoms with van der Waals surface area (Å²) in [5, 5.41) is 7.34. The average Bonchev–Trinajstić information content (AvgIpc) is 2.81. The molecule has 0 saturated heterocycles. The minimum absolute atomic E-state index is 0.0608. The Kier molecular flexibility index (Phi) is 9.98. The highest BCUT2D eigenvalue weighted by molar-refractivity contribution is 7.92. The van der Waals surface area contributed by atoms with Crippen LogP contribution in [0.2, 0.25) is 10.0 Å². The van der Waals surface area contributed by atoms with Crippen molar-refractivity contribution in [2.45, 2.75) is 38.1 Å². The van der Waals surface area contributed by atoms with Crippen LogP contribution in [0.3, 0.4) is 0 Å². The molecule has 1 aliphatic carbocycles. The third kappa shape index (κ3) is 9.00. The summed E-state index contributed by atoms with van der Waals surface area (Å²) in [6, 6.07) is 11.3. The number of anilines is 1. The van der Waals surface area contributed by atoms with Crippen molar-refractivity contribution in [2.24, 2.45) is 5.10 Å². The first-order chi connectivity index (χ1) is 17.1. The lowest BCUT2D eigenvalue weighted by Gasteiger charge is -2.22. The summed E-state index contributed by atoms with van der Waals surface area (Å²) in [7, 11) is -3.79. The van der Waals surface area contributed by atoms with Gasteiger partial charge in [0, 0.05) is 16.1 Å². The van der Waals surface area contributed by atoms with Gasteiger partial charge in [-0.3, -0.25) is 13.9 Å². The molecule has 0 bridgehead atoms. The number of sulfonamides is 1. The van der Waals surface area contributed by atoms with E-state index in [9.17, 15) is 18.0 Å². The SMILES string of the molecule is CS(=O)(=O)N(CC(=O)N/N=C\c1ccc(OCC(=O)NC2CCCCC2)cc1)c1cc(Cl)cc(Cl)c1. The van der Waals surface area contributed by atoms with Gasteiger partial charge in [0.25, 0.3) is 11.8 Å². The van der Waals surface area contributed by atoms with Crippen molar-refractivity contribution in [1.82, 2.24) is 10.7 Å². The quantitative estimate of drug-likeness (QED) is 0.342. The Morgan fingerprint density at radius 1 is 1.06 bits per heavy atom. The van der Waals surface area contributed by atoms with E-state index in [1.165, 1.54) is 30.8 Å². The molecule has 1 saturated carbocycles. The molecule has 36 heavy (non-hydrogen) atoms. The summed E-state index contributed by atoms with van der Waals surface area (Å²) < 4.78 is 30.8. The standard InChI is InChI=1S/C24H28Cl2N4O5S/c1-36(33,34)30(21-12-18(25)11-19(26)13-21)15-23(31)29-27-14-17-7-9-22(10-8-17)35-16-24(32)28-20-5-3-2-4-6-20/h7-14,20H,2-6,15-16H2,1H3,(H,28,32)(H,29,31)/b27-14-. The molecule has 12 heteroatoms. The molecule has 0 aliphatic heterocycles. The summed E-state index contributed by atoms with van der Waals surface area (Å²) in [4.78, 5) is 24.4. The smallest absolute Gasteiger partial charge is 0.260 e. The number of hydrazone groups is 1. The molecule has 0 spiro atoms. The molecule has 0 unspecified atom stereocenters. The van der Waals surface area contributed by atoms with E-state index in [0.29, 0.717) is 11.3 Å². The number of halogens is 2. The normalized spacial score (nSPS) is 14.4. The first-order valence-corrected chi connectivity index (χ1v) is 14.0. The number of carbonyl (C=O) groups is 2. The van der Waals surface area contributed by atoms with Crippen molar-refractivity contribution in [3.63, 3.8) is 0 Å². The molecule has 0 aromatic heterocycles. The van der Waals surface area contributed by atoms with Crippen molar-refractivity contribution in [2.75, 3.05) is 23.7 Å². The van der Waals surface area contributed by atoms with Crippen LogP contribution in [0.15, 0.2) is 47.6 Å². The van der Waals surface area contributed by atoms with E-state index in [-0.39, 0.29) is 34.3 Å². The van der Waals surface area contributed by atoms with Crippen LogP contribution in [-0.2, 0) is 19.6 Å². The van der Waals surface area contributed by atoms with Gasteiger partial charge in [0.2, 0.25) is 10.0 Å². The molecule has 0 radical (unpaired) electrons. The fourth-order valence-corrected chi connectivity index (χ4v) is 5.10. The molecule has 9 nitrogen and oxygen atoms in total. The Morgan fingerprint density at radius 3 is 2.31 bits per heavy atom. The molecule has 194 valence electrons. The Hall–Kier alpha value is -2.82. The summed E-state index contributed by atoms with van der Waals surface area (Å²) in [6.45, 7) is -0.572. The number of ether oxygens (including phenoxy) is 1. The molecule has 1 fully saturated rings. The lowest BCUT2D eigenvalue weighted by atomic mass is 9.95. The number of nitrogens with one attached hydrogen (secondary N) is 2. The van der Waals surface area contributed by atoms with Gasteiger partial charge < -0.3 is 10.1 Å². The maximum atomic E-state index is 12.3. The van der Waals surface area contributed by atoms with Gasteiger partial charge in [0.05, 0.1) is 18.2 Å². The third-order valence-electron chi connectivity index (χ3n) is 5.45. The second-order valence-electron chi connectivity index (χ2n) is 8.45. The lowest BCUT2D eigenvalue weighted by Crippen LogP contribution is -2.39. The van der Waals surface area contributed by atoms with Crippen LogP contribution in [0.25, 0.3) is 0 Å². The van der Waals surface area contributed by atoms with E-state index >= 15 is 0 Å². The van der Waals surface area contributed by atoms with Gasteiger partial charge in [0.15, 0.2) is 6.61 Å². The Morgan fingerprint density at radius 2 is 1.69 bits per heavy atom. The van der Waals surface area contributed by atoms with Crippen LogP contribution in [0.1, 0.15) is 37.7 Å². The number of hydrogen-bond acceptors (Lipinski definition) is 6. The Balaban J connectivity index is 1.49. The predicted octanol–water partition coefficient (Wildman–Crippen LogP) is 3.74. The van der Waals surface area contributed by atoms with Crippen LogP contribution < -0.4 is 19.8 Å². The van der Waals surface area contributed by atoms with Crippen LogP contribution in [0.4, 0.5) is 5.69 Å². The minimum atomic E-state index is -3.79. The van der Waals surface area contributed by atoms with Crippen molar-refractivity contribution in [1.29, 1.82) is 0 Å². The predicted molar refractivity (Wildman–Crippen MR) is 141 cm³/mol. The first-order valence-electron chi connectivity index (χ1n) is 11.4. The zero-order valence-corrected chi connectivity index (χ0v) is 22.1. The monoisotopic (exact) mass is 554 g/mol. The van der Waals surface area contributed by atoms with Crippen LogP contribution in [0.5, 0.6) is 5.75 Å². The van der Waals surface area contributed by atoms with E-state index in [0.717, 1.165) is 36.2 Å². The highest BCUT2D eigenvalue weighted by atomic mass is 35.5. The van der Waals surface area contributed by atoms with Crippen LogP contribution >= 0.6 is 23.2 Å².